The number of nitrogens with zero attached hydrogens (tertiary/aromatic N) is 1. The van der Waals surface area contributed by atoms with Crippen molar-refractivity contribution < 1.29 is 28.8 Å². The van der Waals surface area contributed by atoms with E-state index < -0.39 is 4.83 Å². The summed E-state index contributed by atoms with van der Waals surface area (Å²) in [6.45, 7) is 0. The van der Waals surface area contributed by atoms with Gasteiger partial charge in [0.2, 0.25) is 11.7 Å². The number of β-lactam (4-membered cyclic amide) rings is 1. The number of phenols is 1. The zero-order valence-electron chi connectivity index (χ0n) is 15.4. The summed E-state index contributed by atoms with van der Waals surface area (Å²) in [6, 6.07) is 8.20. The van der Waals surface area contributed by atoms with Crippen molar-refractivity contribution in [1.29, 1.82) is 0 Å². The molecule has 2 aromatic carbocycles. The highest BCUT2D eigenvalue weighted by Crippen LogP contribution is 2.48. The van der Waals surface area contributed by atoms with Gasteiger partial charge in [0.15, 0.2) is 23.0 Å². The molecule has 7 nitrogen and oxygen atoms in total. The molecule has 3 rings (SSSR count). The molecule has 1 saturated heterocycles. The molecule has 0 radical (unpaired) electrons. The first-order valence-electron chi connectivity index (χ1n) is 8.10. The van der Waals surface area contributed by atoms with Crippen molar-refractivity contribution in [2.24, 2.45) is 0 Å². The number of hydrogen-bond donors (Lipinski definition) is 1. The van der Waals surface area contributed by atoms with Crippen LogP contribution in [0.5, 0.6) is 28.7 Å². The minimum atomic E-state index is -0.413. The number of carbonyl (C=O) groups is 1. The molecule has 1 amide bonds. The Morgan fingerprint density at radius 3 is 2.00 bits per heavy atom. The first-order valence-corrected chi connectivity index (χ1v) is 9.02. The number of phenolic OH excluding ortho intramolecular Hbond substituents is 1. The van der Waals surface area contributed by atoms with E-state index in [9.17, 15) is 9.90 Å². The van der Waals surface area contributed by atoms with E-state index in [-0.39, 0.29) is 17.7 Å². The second-order valence-electron chi connectivity index (χ2n) is 5.87. The van der Waals surface area contributed by atoms with Crippen molar-refractivity contribution in [1.82, 2.24) is 0 Å². The quantitative estimate of drug-likeness (QED) is 0.551. The summed E-state index contributed by atoms with van der Waals surface area (Å²) in [5.41, 5.74) is 1.37. The van der Waals surface area contributed by atoms with Crippen LogP contribution in [0.1, 0.15) is 11.6 Å². The molecule has 1 heterocycles. The van der Waals surface area contributed by atoms with Gasteiger partial charge in [-0.1, -0.05) is 22.0 Å². The number of alkyl halides is 1. The summed E-state index contributed by atoms with van der Waals surface area (Å²) >= 11 is 3.43. The number of amides is 1. The molecule has 0 bridgehead atoms. The highest BCUT2D eigenvalue weighted by Gasteiger charge is 2.48. The maximum atomic E-state index is 12.6. The molecule has 144 valence electrons. The van der Waals surface area contributed by atoms with E-state index in [1.54, 1.807) is 29.2 Å². The molecule has 1 aliphatic heterocycles. The van der Waals surface area contributed by atoms with Crippen LogP contribution in [0, 0.1) is 0 Å². The van der Waals surface area contributed by atoms with Gasteiger partial charge in [-0.05, 0) is 17.7 Å². The van der Waals surface area contributed by atoms with Crippen LogP contribution >= 0.6 is 15.9 Å². The fourth-order valence-electron chi connectivity index (χ4n) is 3.16. The van der Waals surface area contributed by atoms with Gasteiger partial charge >= 0.3 is 0 Å². The maximum absolute atomic E-state index is 12.6. The molecular weight excluding hydrogens is 418 g/mol. The van der Waals surface area contributed by atoms with Crippen LogP contribution in [0.3, 0.4) is 0 Å². The normalized spacial score (nSPS) is 18.7. The van der Waals surface area contributed by atoms with Gasteiger partial charge in [-0.2, -0.15) is 0 Å². The molecular formula is C19H20BrNO6. The molecule has 1 unspecified atom stereocenters. The Bertz CT molecular complexity index is 846. The number of anilines is 1. The molecule has 1 N–H and O–H groups in total. The summed E-state index contributed by atoms with van der Waals surface area (Å²) in [4.78, 5) is 13.8. The van der Waals surface area contributed by atoms with E-state index in [4.69, 9.17) is 18.9 Å². The summed E-state index contributed by atoms with van der Waals surface area (Å²) in [5.74, 6) is 1.63. The average molecular weight is 438 g/mol. The van der Waals surface area contributed by atoms with E-state index in [1.165, 1.54) is 28.4 Å². The molecule has 2 aromatic rings. The molecule has 0 aliphatic carbocycles. The Labute approximate surface area is 165 Å². The standard InChI is InChI=1S/C19H20BrNO6/c1-24-13-6-5-10(7-12(13)22)17-16(20)19(23)21(17)11-8-14(25-2)18(27-4)15(9-11)26-3/h5-9,16-17,22H,1-4H3/t16-,17?/m0/s1. The molecule has 0 saturated carbocycles. The monoisotopic (exact) mass is 437 g/mol. The van der Waals surface area contributed by atoms with E-state index in [0.717, 1.165) is 5.56 Å². The topological polar surface area (TPSA) is 77.5 Å². The number of rotatable bonds is 6. The molecule has 2 atom stereocenters. The van der Waals surface area contributed by atoms with Crippen LogP contribution in [0.15, 0.2) is 30.3 Å². The lowest BCUT2D eigenvalue weighted by Crippen LogP contribution is -2.56. The van der Waals surface area contributed by atoms with Crippen LogP contribution in [0.2, 0.25) is 0 Å². The lowest BCUT2D eigenvalue weighted by molar-refractivity contribution is -0.123. The minimum absolute atomic E-state index is 0.0129. The predicted molar refractivity (Wildman–Crippen MR) is 104 cm³/mol. The second-order valence-corrected chi connectivity index (χ2v) is 6.86. The van der Waals surface area contributed by atoms with Gasteiger partial charge in [-0.25, -0.2) is 0 Å². The zero-order valence-corrected chi connectivity index (χ0v) is 16.9. The number of hydrogen-bond acceptors (Lipinski definition) is 6. The molecule has 1 fully saturated rings. The first kappa shape index (κ1) is 19.2. The van der Waals surface area contributed by atoms with E-state index in [1.807, 2.05) is 6.07 Å². The van der Waals surface area contributed by atoms with Crippen molar-refractivity contribution in [2.45, 2.75) is 10.9 Å². The lowest BCUT2D eigenvalue weighted by Gasteiger charge is -2.45. The Hall–Kier alpha value is -2.61. The summed E-state index contributed by atoms with van der Waals surface area (Å²) < 4.78 is 21.2. The number of halogens is 1. The van der Waals surface area contributed by atoms with Gasteiger partial charge in [0, 0.05) is 12.1 Å². The highest BCUT2D eigenvalue weighted by atomic mass is 79.9. The van der Waals surface area contributed by atoms with Crippen LogP contribution in [-0.2, 0) is 4.79 Å². The Kier molecular flexibility index (Phi) is 5.36. The van der Waals surface area contributed by atoms with Crippen molar-refractivity contribution >= 4 is 27.5 Å². The van der Waals surface area contributed by atoms with Gasteiger partial charge in [-0.3, -0.25) is 4.79 Å². The average Bonchev–Trinajstić information content (AvgIpc) is 2.69. The van der Waals surface area contributed by atoms with Crippen molar-refractivity contribution in [3.8, 4) is 28.7 Å². The number of ether oxygens (including phenoxy) is 4. The molecule has 0 aromatic heterocycles. The molecule has 1 aliphatic rings. The Balaban J connectivity index is 2.05. The molecule has 8 heteroatoms. The second kappa shape index (κ2) is 7.56. The number of benzene rings is 2. The third-order valence-electron chi connectivity index (χ3n) is 4.50. The van der Waals surface area contributed by atoms with Crippen molar-refractivity contribution in [3.05, 3.63) is 35.9 Å². The summed E-state index contributed by atoms with van der Waals surface area (Å²) in [6.07, 6.45) is 0. The summed E-state index contributed by atoms with van der Waals surface area (Å²) in [7, 11) is 6.04. The van der Waals surface area contributed by atoms with Crippen LogP contribution in [0.25, 0.3) is 0 Å². The third kappa shape index (κ3) is 3.14. The SMILES string of the molecule is COc1ccc(C2[C@H](Br)C(=O)N2c2cc(OC)c(OC)c(OC)c2)cc1O. The smallest absolute Gasteiger partial charge is 0.243 e. The fourth-order valence-corrected chi connectivity index (χ4v) is 3.92. The van der Waals surface area contributed by atoms with E-state index in [2.05, 4.69) is 15.9 Å². The summed E-state index contributed by atoms with van der Waals surface area (Å²) in [5, 5.41) is 10.1. The fraction of sp³-hybridized carbons (Fsp3) is 0.316. The number of aromatic hydroxyl groups is 1. The van der Waals surface area contributed by atoms with Crippen molar-refractivity contribution in [2.75, 3.05) is 33.3 Å². The predicted octanol–water partition coefficient (Wildman–Crippen LogP) is 3.28. The zero-order chi connectivity index (χ0) is 19.7. The number of methoxy groups -OCH3 is 4. The van der Waals surface area contributed by atoms with Crippen LogP contribution < -0.4 is 23.8 Å². The van der Waals surface area contributed by atoms with Gasteiger partial charge < -0.3 is 29.0 Å². The van der Waals surface area contributed by atoms with E-state index >= 15 is 0 Å². The molecule has 27 heavy (non-hydrogen) atoms. The van der Waals surface area contributed by atoms with Crippen molar-refractivity contribution in [3.63, 3.8) is 0 Å². The highest BCUT2D eigenvalue weighted by molar-refractivity contribution is 9.10. The van der Waals surface area contributed by atoms with Gasteiger partial charge in [0.05, 0.1) is 40.2 Å². The lowest BCUT2D eigenvalue weighted by atomic mass is 9.92. The maximum Gasteiger partial charge on any atom is 0.243 e. The minimum Gasteiger partial charge on any atom is -0.504 e. The number of carbonyl (C=O) groups excluding carboxylic acids is 1. The van der Waals surface area contributed by atoms with Gasteiger partial charge in [0.1, 0.15) is 4.83 Å². The first-order chi connectivity index (χ1) is 13.0. The Morgan fingerprint density at radius 1 is 0.926 bits per heavy atom. The van der Waals surface area contributed by atoms with E-state index in [0.29, 0.717) is 28.7 Å². The Morgan fingerprint density at radius 2 is 1.52 bits per heavy atom. The van der Waals surface area contributed by atoms with Gasteiger partial charge in [0.25, 0.3) is 0 Å². The third-order valence-corrected chi connectivity index (χ3v) is 5.39. The molecule has 0 spiro atoms. The van der Waals surface area contributed by atoms with Crippen LogP contribution in [-0.4, -0.2) is 44.3 Å². The largest absolute Gasteiger partial charge is 0.504 e. The van der Waals surface area contributed by atoms with Crippen LogP contribution in [0.4, 0.5) is 5.69 Å². The van der Waals surface area contributed by atoms with Gasteiger partial charge in [-0.15, -0.1) is 0 Å².